The van der Waals surface area contributed by atoms with Crippen LogP contribution in [0.25, 0.3) is 0 Å². The van der Waals surface area contributed by atoms with Crippen LogP contribution in [0.5, 0.6) is 0 Å². The number of aliphatic hydroxyl groups excluding tert-OH is 1. The predicted molar refractivity (Wildman–Crippen MR) is 77.4 cm³/mol. The Hall–Kier alpha value is -0.720. The van der Waals surface area contributed by atoms with Crippen molar-refractivity contribution in [2.75, 3.05) is 26.2 Å². The number of nitrogens with zero attached hydrogens (tertiary/aromatic N) is 1. The summed E-state index contributed by atoms with van der Waals surface area (Å²) in [7, 11) is 0. The van der Waals surface area contributed by atoms with E-state index in [1.165, 1.54) is 0 Å². The molecule has 3 aliphatic rings. The van der Waals surface area contributed by atoms with Gasteiger partial charge in [0.05, 0.1) is 6.10 Å². The zero-order valence-corrected chi connectivity index (χ0v) is 12.9. The van der Waals surface area contributed by atoms with E-state index in [0.29, 0.717) is 25.9 Å². The highest BCUT2D eigenvalue weighted by Crippen LogP contribution is 2.43. The van der Waals surface area contributed by atoms with Crippen molar-refractivity contribution in [3.05, 3.63) is 0 Å². The van der Waals surface area contributed by atoms with Crippen LogP contribution in [-0.2, 0) is 4.79 Å². The fourth-order valence-electron chi connectivity index (χ4n) is 3.50. The number of aliphatic hydroxyl groups is 1. The molecule has 0 bridgehead atoms. The van der Waals surface area contributed by atoms with Gasteiger partial charge in [0.25, 0.3) is 5.91 Å². The maximum atomic E-state index is 14.1. The van der Waals surface area contributed by atoms with E-state index in [1.807, 2.05) is 0 Å². The van der Waals surface area contributed by atoms with Gasteiger partial charge in [0.15, 0.2) is 5.67 Å². The van der Waals surface area contributed by atoms with Crippen LogP contribution in [0, 0.1) is 5.41 Å². The van der Waals surface area contributed by atoms with Crippen LogP contribution in [-0.4, -0.2) is 59.5 Å². The molecule has 2 aliphatic heterocycles. The van der Waals surface area contributed by atoms with Crippen molar-refractivity contribution >= 4 is 5.91 Å². The van der Waals surface area contributed by atoms with Crippen LogP contribution in [0.4, 0.5) is 4.39 Å². The lowest BCUT2D eigenvalue weighted by Crippen LogP contribution is -2.68. The van der Waals surface area contributed by atoms with Gasteiger partial charge in [0.1, 0.15) is 5.66 Å². The first kappa shape index (κ1) is 15.2. The van der Waals surface area contributed by atoms with Crippen LogP contribution in [0.2, 0.25) is 0 Å². The van der Waals surface area contributed by atoms with Crippen LogP contribution in [0.15, 0.2) is 0 Å². The van der Waals surface area contributed by atoms with Crippen LogP contribution in [0.1, 0.15) is 39.5 Å². The van der Waals surface area contributed by atoms with Crippen molar-refractivity contribution in [1.29, 1.82) is 0 Å². The quantitative estimate of drug-likeness (QED) is 0.702. The number of halogens is 1. The Morgan fingerprint density at radius 2 is 2.14 bits per heavy atom. The second-order valence-electron chi connectivity index (χ2n) is 7.56. The summed E-state index contributed by atoms with van der Waals surface area (Å²) in [6.45, 7) is 7.07. The Morgan fingerprint density at radius 1 is 1.43 bits per heavy atom. The second kappa shape index (κ2) is 4.89. The van der Waals surface area contributed by atoms with Gasteiger partial charge in [-0.25, -0.2) is 4.39 Å². The first-order valence-electron chi connectivity index (χ1n) is 7.93. The Bertz CT molecular complexity index is 439. The molecule has 6 heteroatoms. The third-order valence-corrected chi connectivity index (χ3v) is 5.46. The Labute approximate surface area is 125 Å². The lowest BCUT2D eigenvalue weighted by Gasteiger charge is -2.44. The SMILES string of the molecule is CC1(C)CCN[C@]1(CN1CCC(O)C1)NC(=O)C1(F)CC1. The molecule has 0 aromatic heterocycles. The van der Waals surface area contributed by atoms with Crippen molar-refractivity contribution in [3.8, 4) is 0 Å². The summed E-state index contributed by atoms with van der Waals surface area (Å²) in [6.07, 6.45) is 2.06. The molecule has 3 N–H and O–H groups in total. The van der Waals surface area contributed by atoms with Crippen molar-refractivity contribution in [3.63, 3.8) is 0 Å². The fourth-order valence-corrected chi connectivity index (χ4v) is 3.50. The molecule has 1 amide bonds. The monoisotopic (exact) mass is 299 g/mol. The van der Waals surface area contributed by atoms with E-state index in [1.54, 1.807) is 0 Å². The Balaban J connectivity index is 1.76. The number of alkyl halides is 1. The number of carbonyl (C=O) groups excluding carboxylic acids is 1. The average molecular weight is 299 g/mol. The van der Waals surface area contributed by atoms with Gasteiger partial charge in [-0.05, 0) is 32.2 Å². The number of nitrogens with one attached hydrogen (secondary N) is 2. The zero-order chi connectivity index (χ0) is 15.3. The molecule has 0 spiro atoms. The number of rotatable bonds is 4. The molecule has 0 aromatic rings. The first-order valence-corrected chi connectivity index (χ1v) is 7.93. The highest BCUT2D eigenvalue weighted by molar-refractivity contribution is 5.88. The van der Waals surface area contributed by atoms with E-state index in [9.17, 15) is 14.3 Å². The minimum atomic E-state index is -1.65. The van der Waals surface area contributed by atoms with Crippen molar-refractivity contribution in [2.45, 2.75) is 57.0 Å². The first-order chi connectivity index (χ1) is 9.76. The summed E-state index contributed by atoms with van der Waals surface area (Å²) in [5.74, 6) is -0.482. The maximum absolute atomic E-state index is 14.1. The van der Waals surface area contributed by atoms with Gasteiger partial charge in [0, 0.05) is 25.0 Å². The van der Waals surface area contributed by atoms with E-state index < -0.39 is 17.2 Å². The lowest BCUT2D eigenvalue weighted by atomic mass is 9.78. The van der Waals surface area contributed by atoms with Gasteiger partial charge in [-0.3, -0.25) is 15.0 Å². The molecule has 1 aliphatic carbocycles. The van der Waals surface area contributed by atoms with Gasteiger partial charge in [0.2, 0.25) is 0 Å². The van der Waals surface area contributed by atoms with Crippen molar-refractivity contribution in [2.24, 2.45) is 5.41 Å². The highest BCUT2D eigenvalue weighted by Gasteiger charge is 2.57. The minimum Gasteiger partial charge on any atom is -0.392 e. The molecule has 5 nitrogen and oxygen atoms in total. The van der Waals surface area contributed by atoms with Gasteiger partial charge >= 0.3 is 0 Å². The Kier molecular flexibility index (Phi) is 3.54. The van der Waals surface area contributed by atoms with Gasteiger partial charge < -0.3 is 10.4 Å². The van der Waals surface area contributed by atoms with Gasteiger partial charge in [-0.1, -0.05) is 13.8 Å². The zero-order valence-electron chi connectivity index (χ0n) is 12.9. The number of β-amino-alcohol motifs (C(OH)–C–C–N with tert-alkyl or cyclic N) is 1. The summed E-state index contributed by atoms with van der Waals surface area (Å²) in [5, 5.41) is 16.1. The topological polar surface area (TPSA) is 64.6 Å². The standard InChI is InChI=1S/C15H26FN3O2/c1-13(2)6-7-17-15(13,10-19-8-3-11(20)9-19)18-12(21)14(16)4-5-14/h11,17,20H,3-10H2,1-2H3,(H,18,21)/t11?,15-/m1/s1. The predicted octanol–water partition coefficient (Wildman–Crippen LogP) is 0.387. The highest BCUT2D eigenvalue weighted by atomic mass is 19.1. The molecule has 0 aromatic carbocycles. The second-order valence-corrected chi connectivity index (χ2v) is 7.56. The number of carbonyl (C=O) groups is 1. The smallest absolute Gasteiger partial charge is 0.259 e. The third-order valence-electron chi connectivity index (χ3n) is 5.46. The van der Waals surface area contributed by atoms with Gasteiger partial charge in [-0.2, -0.15) is 0 Å². The van der Waals surface area contributed by atoms with E-state index in [0.717, 1.165) is 25.9 Å². The summed E-state index contributed by atoms with van der Waals surface area (Å²) >= 11 is 0. The van der Waals surface area contributed by atoms with Crippen LogP contribution >= 0.6 is 0 Å². The fraction of sp³-hybridized carbons (Fsp3) is 0.933. The van der Waals surface area contributed by atoms with Crippen molar-refractivity contribution < 1.29 is 14.3 Å². The molecule has 21 heavy (non-hydrogen) atoms. The molecule has 2 saturated heterocycles. The average Bonchev–Trinajstić information content (AvgIpc) is 2.92. The maximum Gasteiger partial charge on any atom is 0.259 e. The molecule has 2 atom stereocenters. The molecule has 0 radical (unpaired) electrons. The number of likely N-dealkylation sites (tertiary alicyclic amines) is 1. The minimum absolute atomic E-state index is 0.151. The van der Waals surface area contributed by atoms with E-state index in [-0.39, 0.29) is 11.5 Å². The van der Waals surface area contributed by atoms with Crippen LogP contribution in [0.3, 0.4) is 0 Å². The van der Waals surface area contributed by atoms with Gasteiger partial charge in [-0.15, -0.1) is 0 Å². The summed E-state index contributed by atoms with van der Waals surface area (Å²) in [6, 6.07) is 0. The van der Waals surface area contributed by atoms with E-state index >= 15 is 0 Å². The van der Waals surface area contributed by atoms with Crippen molar-refractivity contribution in [1.82, 2.24) is 15.5 Å². The van der Waals surface area contributed by atoms with E-state index in [4.69, 9.17) is 0 Å². The summed E-state index contributed by atoms with van der Waals surface area (Å²) in [4.78, 5) is 14.4. The number of hydrogen-bond acceptors (Lipinski definition) is 4. The normalized spacial score (nSPS) is 37.6. The summed E-state index contributed by atoms with van der Waals surface area (Å²) in [5.41, 5.74) is -2.42. The van der Waals surface area contributed by atoms with Crippen LogP contribution < -0.4 is 10.6 Å². The molecule has 120 valence electrons. The molecular formula is C15H26FN3O2. The largest absolute Gasteiger partial charge is 0.392 e. The molecular weight excluding hydrogens is 273 g/mol. The number of amides is 1. The summed E-state index contributed by atoms with van der Waals surface area (Å²) < 4.78 is 14.1. The van der Waals surface area contributed by atoms with E-state index in [2.05, 4.69) is 29.4 Å². The molecule has 3 fully saturated rings. The molecule has 1 unspecified atom stereocenters. The lowest BCUT2D eigenvalue weighted by molar-refractivity contribution is -0.131. The molecule has 3 rings (SSSR count). The third kappa shape index (κ3) is 2.69. The molecule has 2 heterocycles. The number of hydrogen-bond donors (Lipinski definition) is 3. The Morgan fingerprint density at radius 3 is 2.62 bits per heavy atom. The molecule has 1 saturated carbocycles.